The van der Waals surface area contributed by atoms with Crippen molar-refractivity contribution in [1.29, 1.82) is 0 Å². The lowest BCUT2D eigenvalue weighted by Crippen LogP contribution is -2.00. The van der Waals surface area contributed by atoms with Crippen molar-refractivity contribution in [1.82, 2.24) is 29.7 Å². The summed E-state index contributed by atoms with van der Waals surface area (Å²) in [5.41, 5.74) is 7.67. The molecule has 0 aliphatic heterocycles. The third-order valence-electron chi connectivity index (χ3n) is 2.27. The zero-order valence-electron chi connectivity index (χ0n) is 9.05. The molecular weight excluding hydrogens is 220 g/mol. The number of nitrogen functional groups attached to an aromatic ring is 1. The molecule has 0 bridgehead atoms. The van der Waals surface area contributed by atoms with Gasteiger partial charge in [0.2, 0.25) is 5.95 Å². The Morgan fingerprint density at radius 1 is 1.41 bits per heavy atom. The van der Waals surface area contributed by atoms with Crippen LogP contribution in [0, 0.1) is 0 Å². The number of nitrogens with one attached hydrogen (secondary N) is 2. The molecule has 86 valence electrons. The Morgan fingerprint density at radius 3 is 3.06 bits per heavy atom. The fourth-order valence-corrected chi connectivity index (χ4v) is 1.56. The quantitative estimate of drug-likeness (QED) is 0.588. The normalized spacial score (nSPS) is 10.9. The summed E-state index contributed by atoms with van der Waals surface area (Å²) in [5.74, 6) is 0.758. The zero-order chi connectivity index (χ0) is 11.8. The van der Waals surface area contributed by atoms with Crippen LogP contribution in [0.4, 0.5) is 17.5 Å². The van der Waals surface area contributed by atoms with E-state index in [-0.39, 0.29) is 5.95 Å². The molecule has 0 saturated carbocycles. The summed E-state index contributed by atoms with van der Waals surface area (Å²) in [7, 11) is 1.84. The van der Waals surface area contributed by atoms with Gasteiger partial charge in [0.25, 0.3) is 0 Å². The number of nitrogens with two attached hydrogens (primary N) is 1. The van der Waals surface area contributed by atoms with Crippen LogP contribution in [0.15, 0.2) is 18.7 Å². The molecule has 0 fully saturated rings. The number of imidazole rings is 1. The van der Waals surface area contributed by atoms with Crippen molar-refractivity contribution in [2.75, 3.05) is 11.1 Å². The molecule has 17 heavy (non-hydrogen) atoms. The maximum Gasteiger partial charge on any atom is 0.224 e. The minimum Gasteiger partial charge on any atom is -0.368 e. The second kappa shape index (κ2) is 3.44. The standard InChI is InChI=1S/C9H10N8/c1-17-3-5(2-13-17)14-8-6-7(12-4-11-6)15-9(10)16-8/h2-4H,1H3,(H4,10,11,12,14,15,16). The highest BCUT2D eigenvalue weighted by atomic mass is 15.3. The Labute approximate surface area is 95.9 Å². The van der Waals surface area contributed by atoms with Gasteiger partial charge in [-0.25, -0.2) is 4.98 Å². The Balaban J connectivity index is 2.07. The largest absolute Gasteiger partial charge is 0.368 e. The first-order valence-electron chi connectivity index (χ1n) is 4.94. The van der Waals surface area contributed by atoms with Crippen LogP contribution < -0.4 is 11.1 Å². The summed E-state index contributed by atoms with van der Waals surface area (Å²) in [4.78, 5) is 15.1. The van der Waals surface area contributed by atoms with Crippen LogP contribution in [0.25, 0.3) is 11.2 Å². The van der Waals surface area contributed by atoms with Crippen LogP contribution in [0.5, 0.6) is 0 Å². The first-order valence-corrected chi connectivity index (χ1v) is 4.94. The fourth-order valence-electron chi connectivity index (χ4n) is 1.56. The maximum atomic E-state index is 5.61. The smallest absolute Gasteiger partial charge is 0.224 e. The molecule has 3 aromatic rings. The summed E-state index contributed by atoms with van der Waals surface area (Å²) < 4.78 is 1.69. The topological polar surface area (TPSA) is 110 Å². The van der Waals surface area contributed by atoms with Crippen LogP contribution in [-0.4, -0.2) is 29.7 Å². The summed E-state index contributed by atoms with van der Waals surface area (Å²) >= 11 is 0. The first-order chi connectivity index (χ1) is 8.22. The summed E-state index contributed by atoms with van der Waals surface area (Å²) in [6.07, 6.45) is 5.08. The first kappa shape index (κ1) is 9.58. The van der Waals surface area contributed by atoms with E-state index in [9.17, 15) is 0 Å². The molecule has 0 aliphatic carbocycles. The number of hydrogen-bond donors (Lipinski definition) is 3. The van der Waals surface area contributed by atoms with E-state index in [0.29, 0.717) is 17.0 Å². The van der Waals surface area contributed by atoms with Crippen LogP contribution in [0.3, 0.4) is 0 Å². The lowest BCUT2D eigenvalue weighted by atomic mass is 10.4. The second-order valence-electron chi connectivity index (χ2n) is 3.56. The van der Waals surface area contributed by atoms with E-state index in [4.69, 9.17) is 5.73 Å². The van der Waals surface area contributed by atoms with Crippen molar-refractivity contribution in [3.8, 4) is 0 Å². The van der Waals surface area contributed by atoms with Crippen LogP contribution in [0.1, 0.15) is 0 Å². The van der Waals surface area contributed by atoms with Gasteiger partial charge in [-0.1, -0.05) is 0 Å². The van der Waals surface area contributed by atoms with Gasteiger partial charge in [-0.05, 0) is 0 Å². The van der Waals surface area contributed by atoms with Gasteiger partial charge in [-0.3, -0.25) is 4.68 Å². The predicted molar refractivity (Wildman–Crippen MR) is 62.6 cm³/mol. The SMILES string of the molecule is Cn1cc(Nc2nc(N)nc3nc[nH]c23)cn1. The molecule has 8 heteroatoms. The number of aromatic nitrogens is 6. The average Bonchev–Trinajstić information content (AvgIpc) is 2.87. The minimum absolute atomic E-state index is 0.177. The summed E-state index contributed by atoms with van der Waals surface area (Å²) in [6.45, 7) is 0. The lowest BCUT2D eigenvalue weighted by molar-refractivity contribution is 0.768. The van der Waals surface area contributed by atoms with E-state index in [1.165, 1.54) is 0 Å². The van der Waals surface area contributed by atoms with Gasteiger partial charge in [0.15, 0.2) is 11.5 Å². The van der Waals surface area contributed by atoms with Crippen molar-refractivity contribution < 1.29 is 0 Å². The molecule has 4 N–H and O–H groups in total. The average molecular weight is 230 g/mol. The lowest BCUT2D eigenvalue weighted by Gasteiger charge is -2.03. The molecule has 0 radical (unpaired) electrons. The molecule has 0 aromatic carbocycles. The highest BCUT2D eigenvalue weighted by Crippen LogP contribution is 2.21. The Bertz CT molecular complexity index is 666. The molecule has 0 saturated heterocycles. The molecule has 0 atom stereocenters. The number of hydrogen-bond acceptors (Lipinski definition) is 6. The molecule has 8 nitrogen and oxygen atoms in total. The number of nitrogens with zero attached hydrogens (tertiary/aromatic N) is 5. The van der Waals surface area contributed by atoms with Gasteiger partial charge >= 0.3 is 0 Å². The molecule has 3 aromatic heterocycles. The second-order valence-corrected chi connectivity index (χ2v) is 3.56. The van der Waals surface area contributed by atoms with Crippen LogP contribution in [0.2, 0.25) is 0 Å². The van der Waals surface area contributed by atoms with Crippen LogP contribution >= 0.6 is 0 Å². The predicted octanol–water partition coefficient (Wildman–Crippen LogP) is 0.412. The van der Waals surface area contributed by atoms with Crippen molar-refractivity contribution in [3.63, 3.8) is 0 Å². The van der Waals surface area contributed by atoms with Crippen molar-refractivity contribution in [2.24, 2.45) is 7.05 Å². The number of aryl methyl sites for hydroxylation is 1. The van der Waals surface area contributed by atoms with Crippen molar-refractivity contribution >= 4 is 28.6 Å². The zero-order valence-corrected chi connectivity index (χ0v) is 9.05. The number of rotatable bonds is 2. The minimum atomic E-state index is 0.177. The fraction of sp³-hybridized carbons (Fsp3) is 0.111. The van der Waals surface area contributed by atoms with E-state index < -0.39 is 0 Å². The van der Waals surface area contributed by atoms with E-state index in [1.54, 1.807) is 17.2 Å². The molecule has 0 spiro atoms. The maximum absolute atomic E-state index is 5.61. The van der Waals surface area contributed by atoms with Gasteiger partial charge in [-0.15, -0.1) is 0 Å². The number of fused-ring (bicyclic) bond motifs is 1. The van der Waals surface area contributed by atoms with E-state index in [2.05, 4.69) is 30.4 Å². The number of aromatic amines is 1. The Kier molecular flexibility index (Phi) is 1.94. The third kappa shape index (κ3) is 1.65. The van der Waals surface area contributed by atoms with Gasteiger partial charge in [0, 0.05) is 13.2 Å². The molecule has 3 heterocycles. The van der Waals surface area contributed by atoms with E-state index in [0.717, 1.165) is 5.69 Å². The van der Waals surface area contributed by atoms with Gasteiger partial charge < -0.3 is 16.0 Å². The van der Waals surface area contributed by atoms with E-state index >= 15 is 0 Å². The molecule has 0 aliphatic rings. The highest BCUT2D eigenvalue weighted by molar-refractivity contribution is 5.85. The van der Waals surface area contributed by atoms with Gasteiger partial charge in [0.1, 0.15) is 5.52 Å². The third-order valence-corrected chi connectivity index (χ3v) is 2.27. The Hall–Kier alpha value is -2.64. The Morgan fingerprint density at radius 2 is 2.29 bits per heavy atom. The molecule has 0 unspecified atom stereocenters. The summed E-state index contributed by atoms with van der Waals surface area (Å²) in [5, 5.41) is 7.17. The molecular formula is C9H10N8. The van der Waals surface area contributed by atoms with Crippen molar-refractivity contribution in [3.05, 3.63) is 18.7 Å². The monoisotopic (exact) mass is 230 g/mol. The van der Waals surface area contributed by atoms with Crippen LogP contribution in [-0.2, 0) is 7.05 Å². The summed E-state index contributed by atoms with van der Waals surface area (Å²) in [6, 6.07) is 0. The van der Waals surface area contributed by atoms with Gasteiger partial charge in [0.05, 0.1) is 18.2 Å². The number of anilines is 3. The number of H-pyrrole nitrogens is 1. The van der Waals surface area contributed by atoms with E-state index in [1.807, 2.05) is 13.2 Å². The molecule has 0 amide bonds. The van der Waals surface area contributed by atoms with Crippen molar-refractivity contribution in [2.45, 2.75) is 0 Å². The highest BCUT2D eigenvalue weighted by Gasteiger charge is 2.09. The molecule has 3 rings (SSSR count). The van der Waals surface area contributed by atoms with Gasteiger partial charge in [-0.2, -0.15) is 15.1 Å².